The van der Waals surface area contributed by atoms with Gasteiger partial charge in [-0.15, -0.1) is 12.4 Å². The van der Waals surface area contributed by atoms with E-state index in [0.29, 0.717) is 0 Å². The van der Waals surface area contributed by atoms with E-state index in [1.54, 1.807) is 0 Å². The fourth-order valence-corrected chi connectivity index (χ4v) is 2.12. The van der Waals surface area contributed by atoms with Crippen LogP contribution in [-0.4, -0.2) is 4.98 Å². The third kappa shape index (κ3) is 3.04. The molecule has 0 atom stereocenters. The largest absolute Gasteiger partial charge is 0.286 e. The van der Waals surface area contributed by atoms with Gasteiger partial charge in [-0.25, -0.2) is 9.55 Å². The monoisotopic (exact) mass is 271 g/mol. The van der Waals surface area contributed by atoms with Gasteiger partial charge < -0.3 is 0 Å². The highest BCUT2D eigenvalue weighted by Crippen LogP contribution is 2.12. The highest BCUT2D eigenvalue weighted by molar-refractivity contribution is 5.85. The maximum absolute atomic E-state index is 3.31. The first-order chi connectivity index (χ1) is 8.93. The summed E-state index contributed by atoms with van der Waals surface area (Å²) in [6.07, 6.45) is 4.06. The average Bonchev–Trinajstić information content (AvgIpc) is 2.89. The van der Waals surface area contributed by atoms with Crippen molar-refractivity contribution in [2.45, 2.75) is 6.54 Å². The highest BCUT2D eigenvalue weighted by Gasteiger charge is 2.12. The molecule has 0 bridgehead atoms. The van der Waals surface area contributed by atoms with Crippen molar-refractivity contribution in [3.8, 4) is 11.4 Å². The standard InChI is InChI=1S/C16H14N2.ClH/c1-3-7-14(8-4-1)13-18-12-11-17-16(18)15-9-5-2-6-10-15;/h1-12H,13H2;1H/p+1. The van der Waals surface area contributed by atoms with Crippen LogP contribution < -0.4 is 4.57 Å². The minimum Gasteiger partial charge on any atom is -0.243 e. The molecule has 2 aromatic carbocycles. The second-order valence-electron chi connectivity index (χ2n) is 4.29. The van der Waals surface area contributed by atoms with Gasteiger partial charge in [0, 0.05) is 0 Å². The molecule has 3 heteroatoms. The number of aromatic nitrogens is 2. The lowest BCUT2D eigenvalue weighted by atomic mass is 10.2. The number of rotatable bonds is 3. The van der Waals surface area contributed by atoms with Crippen LogP contribution in [-0.2, 0) is 6.54 Å². The third-order valence-electron chi connectivity index (χ3n) is 3.00. The van der Waals surface area contributed by atoms with E-state index in [0.717, 1.165) is 12.4 Å². The quantitative estimate of drug-likeness (QED) is 0.704. The van der Waals surface area contributed by atoms with E-state index < -0.39 is 0 Å². The summed E-state index contributed by atoms with van der Waals surface area (Å²) < 4.78 is 2.23. The van der Waals surface area contributed by atoms with Gasteiger partial charge in [0.15, 0.2) is 0 Å². The van der Waals surface area contributed by atoms with E-state index in [9.17, 15) is 0 Å². The Kier molecular flexibility index (Phi) is 4.37. The maximum atomic E-state index is 3.31. The van der Waals surface area contributed by atoms with Gasteiger partial charge in [0.2, 0.25) is 0 Å². The zero-order valence-electron chi connectivity index (χ0n) is 10.5. The molecule has 19 heavy (non-hydrogen) atoms. The highest BCUT2D eigenvalue weighted by atomic mass is 35.5. The fourth-order valence-electron chi connectivity index (χ4n) is 2.12. The molecule has 0 saturated heterocycles. The predicted octanol–water partition coefficient (Wildman–Crippen LogP) is 3.44. The topological polar surface area (TPSA) is 19.7 Å². The van der Waals surface area contributed by atoms with Crippen molar-refractivity contribution in [1.29, 1.82) is 0 Å². The number of hydrogen-bond acceptors (Lipinski definition) is 0. The maximum Gasteiger partial charge on any atom is 0.286 e. The Morgan fingerprint density at radius 2 is 1.47 bits per heavy atom. The number of aromatic amines is 1. The van der Waals surface area contributed by atoms with E-state index in [-0.39, 0.29) is 12.4 Å². The van der Waals surface area contributed by atoms with Crippen molar-refractivity contribution in [1.82, 2.24) is 4.98 Å². The van der Waals surface area contributed by atoms with Crippen molar-refractivity contribution >= 4 is 12.4 Å². The summed E-state index contributed by atoms with van der Waals surface area (Å²) >= 11 is 0. The molecule has 0 unspecified atom stereocenters. The number of nitrogens with one attached hydrogen (secondary N) is 1. The van der Waals surface area contributed by atoms with Crippen LogP contribution in [0.1, 0.15) is 5.56 Å². The van der Waals surface area contributed by atoms with Gasteiger partial charge in [-0.3, -0.25) is 0 Å². The van der Waals surface area contributed by atoms with Crippen molar-refractivity contribution in [3.05, 3.63) is 78.6 Å². The molecular formula is C16H16ClN2+. The number of benzene rings is 2. The zero-order valence-corrected chi connectivity index (χ0v) is 11.3. The Balaban J connectivity index is 0.00000133. The van der Waals surface area contributed by atoms with E-state index in [2.05, 4.69) is 64.3 Å². The molecule has 3 rings (SSSR count). The first-order valence-corrected chi connectivity index (χ1v) is 6.09. The number of H-pyrrole nitrogens is 1. The van der Waals surface area contributed by atoms with Crippen LogP contribution >= 0.6 is 12.4 Å². The van der Waals surface area contributed by atoms with Crippen LogP contribution in [0.3, 0.4) is 0 Å². The summed E-state index contributed by atoms with van der Waals surface area (Å²) in [5.74, 6) is 1.14. The van der Waals surface area contributed by atoms with Crippen LogP contribution in [0.4, 0.5) is 0 Å². The van der Waals surface area contributed by atoms with Gasteiger partial charge in [0.25, 0.3) is 5.82 Å². The van der Waals surface area contributed by atoms with Crippen LogP contribution in [0.25, 0.3) is 11.4 Å². The lowest BCUT2D eigenvalue weighted by Gasteiger charge is -2.01. The Labute approximate surface area is 119 Å². The Bertz CT molecular complexity index is 618. The van der Waals surface area contributed by atoms with Crippen LogP contribution in [0.5, 0.6) is 0 Å². The second kappa shape index (κ2) is 6.21. The summed E-state index contributed by atoms with van der Waals surface area (Å²) in [4.78, 5) is 3.31. The molecule has 0 saturated carbocycles. The van der Waals surface area contributed by atoms with Gasteiger partial charge in [0.1, 0.15) is 18.9 Å². The van der Waals surface area contributed by atoms with Gasteiger partial charge in [-0.05, 0) is 17.7 Å². The van der Waals surface area contributed by atoms with Crippen LogP contribution in [0.2, 0.25) is 0 Å². The summed E-state index contributed by atoms with van der Waals surface area (Å²) in [5, 5.41) is 0. The first-order valence-electron chi connectivity index (χ1n) is 6.09. The Morgan fingerprint density at radius 1 is 0.842 bits per heavy atom. The summed E-state index contributed by atoms with van der Waals surface area (Å²) in [6, 6.07) is 20.9. The number of nitrogens with zero attached hydrogens (tertiary/aromatic N) is 1. The van der Waals surface area contributed by atoms with E-state index >= 15 is 0 Å². The van der Waals surface area contributed by atoms with Gasteiger partial charge in [-0.1, -0.05) is 48.5 Å². The molecule has 1 aromatic heterocycles. The molecule has 3 aromatic rings. The molecule has 96 valence electrons. The molecule has 0 fully saturated rings. The average molecular weight is 272 g/mol. The molecular weight excluding hydrogens is 256 g/mol. The zero-order chi connectivity index (χ0) is 12.2. The minimum absolute atomic E-state index is 0. The molecule has 2 nitrogen and oxygen atoms in total. The Hall–Kier alpha value is -2.06. The number of imidazole rings is 1. The molecule has 0 aliphatic heterocycles. The van der Waals surface area contributed by atoms with Gasteiger partial charge in [0.05, 0.1) is 5.56 Å². The molecule has 0 radical (unpaired) electrons. The predicted molar refractivity (Wildman–Crippen MR) is 79.2 cm³/mol. The molecule has 0 aliphatic rings. The second-order valence-corrected chi connectivity index (χ2v) is 4.29. The van der Waals surface area contributed by atoms with Crippen molar-refractivity contribution in [3.63, 3.8) is 0 Å². The van der Waals surface area contributed by atoms with E-state index in [1.165, 1.54) is 11.1 Å². The van der Waals surface area contributed by atoms with Gasteiger partial charge >= 0.3 is 0 Å². The van der Waals surface area contributed by atoms with E-state index in [1.807, 2.05) is 18.3 Å². The first kappa shape index (κ1) is 13.4. The third-order valence-corrected chi connectivity index (χ3v) is 3.00. The SMILES string of the molecule is Cl.c1ccc(C[n+]2cc[nH]c2-c2ccccc2)cc1. The molecule has 0 spiro atoms. The van der Waals surface area contributed by atoms with Gasteiger partial charge in [-0.2, -0.15) is 0 Å². The Morgan fingerprint density at radius 3 is 2.16 bits per heavy atom. The smallest absolute Gasteiger partial charge is 0.243 e. The number of hydrogen-bond donors (Lipinski definition) is 1. The normalized spacial score (nSPS) is 9.89. The molecule has 1 heterocycles. The summed E-state index contributed by atoms with van der Waals surface area (Å²) in [5.41, 5.74) is 2.51. The van der Waals surface area contributed by atoms with Crippen LogP contribution in [0, 0.1) is 0 Å². The lowest BCUT2D eigenvalue weighted by molar-refractivity contribution is -0.676. The van der Waals surface area contributed by atoms with Crippen LogP contribution in [0.15, 0.2) is 73.1 Å². The van der Waals surface area contributed by atoms with Crippen molar-refractivity contribution < 1.29 is 4.57 Å². The fraction of sp³-hybridized carbons (Fsp3) is 0.0625. The van der Waals surface area contributed by atoms with E-state index in [4.69, 9.17) is 0 Å². The lowest BCUT2D eigenvalue weighted by Crippen LogP contribution is -2.34. The number of halogens is 1. The minimum atomic E-state index is 0. The summed E-state index contributed by atoms with van der Waals surface area (Å²) in [7, 11) is 0. The molecule has 0 amide bonds. The molecule has 0 aliphatic carbocycles. The summed E-state index contributed by atoms with van der Waals surface area (Å²) in [6.45, 7) is 0.883. The van der Waals surface area contributed by atoms with Crippen molar-refractivity contribution in [2.75, 3.05) is 0 Å². The molecule has 1 N–H and O–H groups in total. The van der Waals surface area contributed by atoms with Crippen molar-refractivity contribution in [2.24, 2.45) is 0 Å².